The zero-order chi connectivity index (χ0) is 17.1. The van der Waals surface area contributed by atoms with Crippen molar-refractivity contribution < 1.29 is 4.79 Å². The standard InChI is InChI=1S/C19H31N5O.ClH/c25-19(18-8-13-24(21-18)16-6-4-9-20-14-16)23-12-5-7-17(23)15-22-10-2-1-3-11-22;/h8,13,16-17,20H,1-7,9-12,14-15H2;1H. The minimum absolute atomic E-state index is 0. The van der Waals surface area contributed by atoms with E-state index in [2.05, 4.69) is 20.2 Å². The number of carbonyl (C=O) groups excluding carboxylic acids is 1. The van der Waals surface area contributed by atoms with Crippen molar-refractivity contribution in [3.05, 3.63) is 18.0 Å². The fraction of sp³-hybridized carbons (Fsp3) is 0.789. The van der Waals surface area contributed by atoms with Gasteiger partial charge in [0.15, 0.2) is 0 Å². The lowest BCUT2D eigenvalue weighted by atomic mass is 10.1. The summed E-state index contributed by atoms with van der Waals surface area (Å²) in [5, 5.41) is 8.05. The van der Waals surface area contributed by atoms with Crippen LogP contribution in [0.5, 0.6) is 0 Å². The maximum atomic E-state index is 13.0. The lowest BCUT2D eigenvalue weighted by Gasteiger charge is -2.32. The highest BCUT2D eigenvalue weighted by Crippen LogP contribution is 2.23. The number of carbonyl (C=O) groups is 1. The Morgan fingerprint density at radius 1 is 1.12 bits per heavy atom. The minimum atomic E-state index is 0. The van der Waals surface area contributed by atoms with Crippen molar-refractivity contribution in [1.82, 2.24) is 24.9 Å². The number of rotatable bonds is 4. The molecule has 2 atom stereocenters. The molecule has 6 nitrogen and oxygen atoms in total. The highest BCUT2D eigenvalue weighted by molar-refractivity contribution is 5.92. The van der Waals surface area contributed by atoms with Crippen LogP contribution < -0.4 is 5.32 Å². The molecular formula is C19H32ClN5O. The van der Waals surface area contributed by atoms with Crippen LogP contribution in [0.1, 0.15) is 61.5 Å². The van der Waals surface area contributed by atoms with Gasteiger partial charge in [-0.2, -0.15) is 5.10 Å². The Bertz CT molecular complexity index is 580. The summed E-state index contributed by atoms with van der Waals surface area (Å²) in [6, 6.07) is 2.66. The highest BCUT2D eigenvalue weighted by Gasteiger charge is 2.32. The van der Waals surface area contributed by atoms with Crippen LogP contribution in [-0.4, -0.2) is 70.8 Å². The third kappa shape index (κ3) is 4.41. The van der Waals surface area contributed by atoms with E-state index in [9.17, 15) is 4.79 Å². The van der Waals surface area contributed by atoms with Crippen molar-refractivity contribution in [3.63, 3.8) is 0 Å². The number of aromatic nitrogens is 2. The Morgan fingerprint density at radius 2 is 1.96 bits per heavy atom. The molecule has 1 N–H and O–H groups in total. The predicted molar refractivity (Wildman–Crippen MR) is 105 cm³/mol. The molecule has 4 rings (SSSR count). The molecule has 1 aromatic heterocycles. The summed E-state index contributed by atoms with van der Waals surface area (Å²) in [6.07, 6.45) is 10.5. The summed E-state index contributed by atoms with van der Waals surface area (Å²) in [5.41, 5.74) is 0.621. The molecule has 0 saturated carbocycles. The first-order chi connectivity index (χ1) is 12.3. The van der Waals surface area contributed by atoms with Crippen molar-refractivity contribution in [2.24, 2.45) is 0 Å². The fourth-order valence-corrected chi connectivity index (χ4v) is 4.59. The molecule has 3 saturated heterocycles. The SMILES string of the molecule is Cl.O=C(c1ccn(C2CCCNC2)n1)N1CCCC1CN1CCCCC1. The van der Waals surface area contributed by atoms with Gasteiger partial charge in [0.2, 0.25) is 0 Å². The summed E-state index contributed by atoms with van der Waals surface area (Å²) in [5.74, 6) is 0.127. The van der Waals surface area contributed by atoms with Crippen molar-refractivity contribution in [2.75, 3.05) is 39.3 Å². The molecule has 26 heavy (non-hydrogen) atoms. The third-order valence-electron chi connectivity index (χ3n) is 6.03. The Labute approximate surface area is 162 Å². The molecule has 0 aliphatic carbocycles. The Balaban J connectivity index is 0.00000196. The van der Waals surface area contributed by atoms with Gasteiger partial charge in [-0.05, 0) is 64.2 Å². The topological polar surface area (TPSA) is 53.4 Å². The van der Waals surface area contributed by atoms with E-state index in [1.54, 1.807) is 0 Å². The van der Waals surface area contributed by atoms with Gasteiger partial charge in [0.05, 0.1) is 6.04 Å². The van der Waals surface area contributed by atoms with Gasteiger partial charge in [0.1, 0.15) is 5.69 Å². The first-order valence-corrected chi connectivity index (χ1v) is 10.1. The van der Waals surface area contributed by atoms with E-state index in [4.69, 9.17) is 0 Å². The lowest BCUT2D eigenvalue weighted by Crippen LogP contribution is -2.44. The zero-order valence-corrected chi connectivity index (χ0v) is 16.4. The summed E-state index contributed by atoms with van der Waals surface area (Å²) in [4.78, 5) is 17.6. The van der Waals surface area contributed by atoms with Crippen LogP contribution in [0, 0.1) is 0 Å². The van der Waals surface area contributed by atoms with Crippen LogP contribution in [0.3, 0.4) is 0 Å². The van der Waals surface area contributed by atoms with E-state index < -0.39 is 0 Å². The molecule has 1 aromatic rings. The van der Waals surface area contributed by atoms with Crippen LogP contribution in [0.25, 0.3) is 0 Å². The smallest absolute Gasteiger partial charge is 0.274 e. The Kier molecular flexibility index (Phi) is 6.95. The molecule has 0 spiro atoms. The second kappa shape index (κ2) is 9.20. The summed E-state index contributed by atoms with van der Waals surface area (Å²) in [7, 11) is 0. The molecule has 0 bridgehead atoms. The van der Waals surface area contributed by atoms with Crippen molar-refractivity contribution in [2.45, 2.75) is 57.0 Å². The number of nitrogens with one attached hydrogen (secondary N) is 1. The largest absolute Gasteiger partial charge is 0.333 e. The van der Waals surface area contributed by atoms with Gasteiger partial charge in [0, 0.05) is 31.9 Å². The molecule has 1 amide bonds. The van der Waals surface area contributed by atoms with Crippen molar-refractivity contribution in [1.29, 1.82) is 0 Å². The summed E-state index contributed by atoms with van der Waals surface area (Å²) < 4.78 is 2.00. The van der Waals surface area contributed by atoms with E-state index in [0.29, 0.717) is 17.8 Å². The molecule has 0 aromatic carbocycles. The molecule has 4 heterocycles. The first kappa shape index (κ1) is 19.6. The maximum Gasteiger partial charge on any atom is 0.274 e. The summed E-state index contributed by atoms with van der Waals surface area (Å²) in [6.45, 7) is 6.37. The number of amides is 1. The normalized spacial score (nSPS) is 27.3. The molecule has 7 heteroatoms. The molecular weight excluding hydrogens is 350 g/mol. The molecule has 0 radical (unpaired) electrons. The molecule has 3 aliphatic rings. The number of piperidine rings is 2. The quantitative estimate of drug-likeness (QED) is 0.869. The van der Waals surface area contributed by atoms with E-state index in [1.807, 2.05) is 16.9 Å². The van der Waals surface area contributed by atoms with Crippen LogP contribution >= 0.6 is 12.4 Å². The molecule has 3 fully saturated rings. The number of hydrogen-bond donors (Lipinski definition) is 1. The average molecular weight is 382 g/mol. The van der Waals surface area contributed by atoms with Crippen LogP contribution in [0.2, 0.25) is 0 Å². The van der Waals surface area contributed by atoms with Gasteiger partial charge in [-0.1, -0.05) is 6.42 Å². The Morgan fingerprint density at radius 3 is 2.73 bits per heavy atom. The van der Waals surface area contributed by atoms with Crippen molar-refractivity contribution >= 4 is 18.3 Å². The van der Waals surface area contributed by atoms with Crippen LogP contribution in [0.4, 0.5) is 0 Å². The van der Waals surface area contributed by atoms with E-state index in [1.165, 1.54) is 38.8 Å². The maximum absolute atomic E-state index is 13.0. The highest BCUT2D eigenvalue weighted by atomic mass is 35.5. The second-order valence-corrected chi connectivity index (χ2v) is 7.84. The zero-order valence-electron chi connectivity index (χ0n) is 15.6. The fourth-order valence-electron chi connectivity index (χ4n) is 4.59. The van der Waals surface area contributed by atoms with Gasteiger partial charge < -0.3 is 15.1 Å². The van der Waals surface area contributed by atoms with Crippen LogP contribution in [0.15, 0.2) is 12.3 Å². The van der Waals surface area contributed by atoms with Gasteiger partial charge >= 0.3 is 0 Å². The lowest BCUT2D eigenvalue weighted by molar-refractivity contribution is 0.0683. The van der Waals surface area contributed by atoms with Gasteiger partial charge in [-0.15, -0.1) is 12.4 Å². The number of halogens is 1. The van der Waals surface area contributed by atoms with E-state index in [-0.39, 0.29) is 18.3 Å². The van der Waals surface area contributed by atoms with Gasteiger partial charge in [-0.3, -0.25) is 9.48 Å². The van der Waals surface area contributed by atoms with E-state index >= 15 is 0 Å². The number of hydrogen-bond acceptors (Lipinski definition) is 4. The predicted octanol–water partition coefficient (Wildman–Crippen LogP) is 2.32. The van der Waals surface area contributed by atoms with Gasteiger partial charge in [-0.25, -0.2) is 0 Å². The molecule has 146 valence electrons. The van der Waals surface area contributed by atoms with Crippen molar-refractivity contribution in [3.8, 4) is 0 Å². The molecule has 3 aliphatic heterocycles. The monoisotopic (exact) mass is 381 g/mol. The number of likely N-dealkylation sites (tertiary alicyclic amines) is 2. The summed E-state index contributed by atoms with van der Waals surface area (Å²) >= 11 is 0. The first-order valence-electron chi connectivity index (χ1n) is 10.1. The van der Waals surface area contributed by atoms with Crippen LogP contribution in [-0.2, 0) is 0 Å². The van der Waals surface area contributed by atoms with Gasteiger partial charge in [0.25, 0.3) is 5.91 Å². The third-order valence-corrected chi connectivity index (χ3v) is 6.03. The Hall–Kier alpha value is -1.11. The molecule has 2 unspecified atom stereocenters. The minimum Gasteiger partial charge on any atom is -0.333 e. The average Bonchev–Trinajstić information content (AvgIpc) is 3.32. The second-order valence-electron chi connectivity index (χ2n) is 7.84. The number of nitrogens with zero attached hydrogens (tertiary/aromatic N) is 4. The van der Waals surface area contributed by atoms with E-state index in [0.717, 1.165) is 45.4 Å².